The van der Waals surface area contributed by atoms with Crippen molar-refractivity contribution in [2.24, 2.45) is 0 Å². The summed E-state index contributed by atoms with van der Waals surface area (Å²) >= 11 is 0. The molecule has 1 aliphatic rings. The van der Waals surface area contributed by atoms with Gasteiger partial charge in [0, 0.05) is 18.0 Å². The SMILES string of the molecule is COc1ccnc2[nH]cc(-c3ccc4c(c3)OCCNC4=O)c12. The number of aromatic nitrogens is 2. The van der Waals surface area contributed by atoms with Gasteiger partial charge in [0.15, 0.2) is 0 Å². The highest BCUT2D eigenvalue weighted by atomic mass is 16.5. The van der Waals surface area contributed by atoms with Crippen molar-refractivity contribution in [3.05, 3.63) is 42.2 Å². The van der Waals surface area contributed by atoms with Crippen molar-refractivity contribution < 1.29 is 14.3 Å². The van der Waals surface area contributed by atoms with Gasteiger partial charge in [-0.15, -0.1) is 0 Å². The molecule has 6 heteroatoms. The first-order valence-electron chi connectivity index (χ1n) is 7.33. The lowest BCUT2D eigenvalue weighted by molar-refractivity contribution is 0.0957. The molecule has 0 saturated heterocycles. The van der Waals surface area contributed by atoms with Crippen molar-refractivity contribution in [1.82, 2.24) is 15.3 Å². The number of carbonyl (C=O) groups excluding carboxylic acids is 1. The lowest BCUT2D eigenvalue weighted by Gasteiger charge is -2.09. The van der Waals surface area contributed by atoms with E-state index in [1.54, 1.807) is 19.4 Å². The predicted octanol–water partition coefficient (Wildman–Crippen LogP) is 2.36. The van der Waals surface area contributed by atoms with Crippen LogP contribution < -0.4 is 14.8 Å². The van der Waals surface area contributed by atoms with Crippen LogP contribution in [-0.4, -0.2) is 36.1 Å². The molecule has 0 spiro atoms. The second-order valence-corrected chi connectivity index (χ2v) is 5.25. The number of hydrogen-bond donors (Lipinski definition) is 2. The third-order valence-electron chi connectivity index (χ3n) is 3.94. The molecule has 0 atom stereocenters. The average Bonchev–Trinajstić information content (AvgIpc) is 2.93. The molecule has 3 aromatic rings. The highest BCUT2D eigenvalue weighted by molar-refractivity contribution is 6.01. The van der Waals surface area contributed by atoms with Crippen LogP contribution in [0.4, 0.5) is 0 Å². The van der Waals surface area contributed by atoms with Crippen LogP contribution in [0.15, 0.2) is 36.7 Å². The van der Waals surface area contributed by atoms with Gasteiger partial charge in [-0.05, 0) is 23.8 Å². The van der Waals surface area contributed by atoms with Gasteiger partial charge < -0.3 is 19.8 Å². The number of ether oxygens (including phenoxy) is 2. The van der Waals surface area contributed by atoms with Gasteiger partial charge in [0.05, 0.1) is 24.6 Å². The van der Waals surface area contributed by atoms with E-state index in [1.165, 1.54) is 0 Å². The van der Waals surface area contributed by atoms with Crippen molar-refractivity contribution in [1.29, 1.82) is 0 Å². The Morgan fingerprint density at radius 3 is 3.04 bits per heavy atom. The smallest absolute Gasteiger partial charge is 0.255 e. The zero-order valence-electron chi connectivity index (χ0n) is 12.6. The standard InChI is InChI=1S/C17H15N3O3/c1-22-13-4-5-18-16-15(13)12(9-20-16)10-2-3-11-14(8-10)23-7-6-19-17(11)21/h2-5,8-9H,6-7H2,1H3,(H,18,20)(H,19,21). The van der Waals surface area contributed by atoms with Gasteiger partial charge in [-0.25, -0.2) is 4.98 Å². The Hall–Kier alpha value is -3.02. The van der Waals surface area contributed by atoms with E-state index in [0.717, 1.165) is 27.9 Å². The molecule has 0 aliphatic carbocycles. The largest absolute Gasteiger partial charge is 0.496 e. The lowest BCUT2D eigenvalue weighted by atomic mass is 10.0. The number of H-pyrrole nitrogens is 1. The predicted molar refractivity (Wildman–Crippen MR) is 85.9 cm³/mol. The van der Waals surface area contributed by atoms with E-state index in [1.807, 2.05) is 24.4 Å². The van der Waals surface area contributed by atoms with Gasteiger partial charge in [0.25, 0.3) is 5.91 Å². The van der Waals surface area contributed by atoms with E-state index < -0.39 is 0 Å². The molecule has 0 radical (unpaired) electrons. The molecule has 1 amide bonds. The fourth-order valence-electron chi connectivity index (χ4n) is 2.84. The summed E-state index contributed by atoms with van der Waals surface area (Å²) in [6, 6.07) is 7.40. The van der Waals surface area contributed by atoms with E-state index in [0.29, 0.717) is 24.5 Å². The minimum atomic E-state index is -0.109. The minimum absolute atomic E-state index is 0.109. The van der Waals surface area contributed by atoms with Crippen LogP contribution >= 0.6 is 0 Å². The van der Waals surface area contributed by atoms with E-state index >= 15 is 0 Å². The second kappa shape index (κ2) is 5.31. The first-order chi connectivity index (χ1) is 11.3. The molecule has 2 N–H and O–H groups in total. The van der Waals surface area contributed by atoms with Crippen molar-refractivity contribution >= 4 is 16.9 Å². The van der Waals surface area contributed by atoms with Gasteiger partial charge >= 0.3 is 0 Å². The quantitative estimate of drug-likeness (QED) is 0.762. The Labute approximate surface area is 132 Å². The number of aromatic amines is 1. The summed E-state index contributed by atoms with van der Waals surface area (Å²) in [4.78, 5) is 19.5. The van der Waals surface area contributed by atoms with Crippen LogP contribution in [0.25, 0.3) is 22.2 Å². The maximum Gasteiger partial charge on any atom is 0.255 e. The number of nitrogens with one attached hydrogen (secondary N) is 2. The summed E-state index contributed by atoms with van der Waals surface area (Å²) in [6.45, 7) is 0.967. The Balaban J connectivity index is 1.89. The number of fused-ring (bicyclic) bond motifs is 2. The van der Waals surface area contributed by atoms with Gasteiger partial charge in [-0.2, -0.15) is 0 Å². The molecule has 0 bridgehead atoms. The third kappa shape index (κ3) is 2.19. The molecular formula is C17H15N3O3. The molecule has 4 rings (SSSR count). The molecule has 23 heavy (non-hydrogen) atoms. The normalized spacial score (nSPS) is 13.9. The average molecular weight is 309 g/mol. The van der Waals surface area contributed by atoms with Gasteiger partial charge in [-0.3, -0.25) is 4.79 Å². The summed E-state index contributed by atoms with van der Waals surface area (Å²) in [6.07, 6.45) is 3.59. The van der Waals surface area contributed by atoms with Crippen LogP contribution in [0.1, 0.15) is 10.4 Å². The zero-order valence-corrected chi connectivity index (χ0v) is 12.6. The van der Waals surface area contributed by atoms with Gasteiger partial charge in [0.1, 0.15) is 23.8 Å². The first kappa shape index (κ1) is 13.6. The molecular weight excluding hydrogens is 294 g/mol. The van der Waals surface area contributed by atoms with Crippen molar-refractivity contribution in [3.8, 4) is 22.6 Å². The summed E-state index contributed by atoms with van der Waals surface area (Å²) in [5.74, 6) is 1.23. The molecule has 6 nitrogen and oxygen atoms in total. The fourth-order valence-corrected chi connectivity index (χ4v) is 2.84. The molecule has 3 heterocycles. The van der Waals surface area contributed by atoms with E-state index in [-0.39, 0.29) is 5.91 Å². The van der Waals surface area contributed by atoms with E-state index in [2.05, 4.69) is 15.3 Å². The van der Waals surface area contributed by atoms with E-state index in [9.17, 15) is 4.79 Å². The molecule has 0 fully saturated rings. The molecule has 116 valence electrons. The fraction of sp³-hybridized carbons (Fsp3) is 0.176. The highest BCUT2D eigenvalue weighted by Crippen LogP contribution is 2.36. The number of methoxy groups -OCH3 is 1. The minimum Gasteiger partial charge on any atom is -0.496 e. The number of amides is 1. The van der Waals surface area contributed by atoms with Crippen LogP contribution in [0, 0.1) is 0 Å². The topological polar surface area (TPSA) is 76.2 Å². The number of nitrogens with zero attached hydrogens (tertiary/aromatic N) is 1. The summed E-state index contributed by atoms with van der Waals surface area (Å²) in [5.41, 5.74) is 3.21. The van der Waals surface area contributed by atoms with Gasteiger partial charge in [-0.1, -0.05) is 6.07 Å². The summed E-state index contributed by atoms with van der Waals surface area (Å²) in [7, 11) is 1.63. The first-order valence-corrected chi connectivity index (χ1v) is 7.33. The number of pyridine rings is 1. The zero-order chi connectivity index (χ0) is 15.8. The van der Waals surface area contributed by atoms with Gasteiger partial charge in [0.2, 0.25) is 0 Å². The van der Waals surface area contributed by atoms with Crippen molar-refractivity contribution in [2.45, 2.75) is 0 Å². The molecule has 0 saturated carbocycles. The highest BCUT2D eigenvalue weighted by Gasteiger charge is 2.18. The maximum absolute atomic E-state index is 12.0. The number of benzene rings is 1. The Morgan fingerprint density at radius 2 is 2.17 bits per heavy atom. The Bertz CT molecular complexity index is 901. The van der Waals surface area contributed by atoms with Crippen LogP contribution in [-0.2, 0) is 0 Å². The Morgan fingerprint density at radius 1 is 1.26 bits per heavy atom. The van der Waals surface area contributed by atoms with Crippen LogP contribution in [0.3, 0.4) is 0 Å². The third-order valence-corrected chi connectivity index (χ3v) is 3.94. The molecule has 1 aromatic carbocycles. The van der Waals surface area contributed by atoms with Crippen molar-refractivity contribution in [3.63, 3.8) is 0 Å². The number of carbonyl (C=O) groups is 1. The Kier molecular flexibility index (Phi) is 3.15. The van der Waals surface area contributed by atoms with Crippen molar-refractivity contribution in [2.75, 3.05) is 20.3 Å². The van der Waals surface area contributed by atoms with Crippen LogP contribution in [0.2, 0.25) is 0 Å². The molecule has 0 unspecified atom stereocenters. The number of hydrogen-bond acceptors (Lipinski definition) is 4. The molecule has 2 aromatic heterocycles. The monoisotopic (exact) mass is 309 g/mol. The second-order valence-electron chi connectivity index (χ2n) is 5.25. The van der Waals surface area contributed by atoms with E-state index in [4.69, 9.17) is 9.47 Å². The lowest BCUT2D eigenvalue weighted by Crippen LogP contribution is -2.24. The summed E-state index contributed by atoms with van der Waals surface area (Å²) in [5, 5.41) is 3.71. The summed E-state index contributed by atoms with van der Waals surface area (Å²) < 4.78 is 11.1. The van der Waals surface area contributed by atoms with Crippen LogP contribution in [0.5, 0.6) is 11.5 Å². The molecule has 1 aliphatic heterocycles. The number of rotatable bonds is 2. The maximum atomic E-state index is 12.0.